The summed E-state index contributed by atoms with van der Waals surface area (Å²) in [6, 6.07) is 7.96. The Hall–Kier alpha value is -1.55. The number of carboxylic acid groups (broad SMARTS) is 1. The van der Waals surface area contributed by atoms with Crippen LogP contribution in [0.1, 0.15) is 31.7 Å². The molecule has 1 aliphatic heterocycles. The van der Waals surface area contributed by atoms with Crippen molar-refractivity contribution in [2.45, 2.75) is 32.7 Å². The van der Waals surface area contributed by atoms with E-state index in [9.17, 15) is 9.90 Å². The number of carbonyl (C=O) groups is 1. The normalized spacial score (nSPS) is 22.4. The molecule has 110 valence electrons. The molecule has 4 heteroatoms. The van der Waals surface area contributed by atoms with Gasteiger partial charge in [-0.3, -0.25) is 0 Å². The number of nitrogens with one attached hydrogen (secondary N) is 1. The average molecular weight is 277 g/mol. The Balaban J connectivity index is 1.84. The van der Waals surface area contributed by atoms with Gasteiger partial charge in [-0.15, -0.1) is 0 Å². The van der Waals surface area contributed by atoms with Crippen LogP contribution >= 0.6 is 0 Å². The Bertz CT molecular complexity index is 439. The molecule has 1 aromatic carbocycles. The molecule has 0 aliphatic carbocycles. The summed E-state index contributed by atoms with van der Waals surface area (Å²) in [6.07, 6.45) is 2.54. The molecule has 0 amide bonds. The monoisotopic (exact) mass is 277 g/mol. The van der Waals surface area contributed by atoms with Crippen LogP contribution in [-0.2, 0) is 11.3 Å². The number of carboxylic acids is 1. The molecule has 0 atom stereocenters. The molecule has 0 radical (unpaired) electrons. The highest BCUT2D eigenvalue weighted by Gasteiger charge is 2.18. The quantitative estimate of drug-likeness (QED) is 0.797. The smallest absolute Gasteiger partial charge is 0.119 e. The van der Waals surface area contributed by atoms with Crippen molar-refractivity contribution >= 4 is 5.97 Å². The first kappa shape index (κ1) is 14.9. The fourth-order valence-electron chi connectivity index (χ4n) is 2.63. The molecule has 4 nitrogen and oxygen atoms in total. The van der Waals surface area contributed by atoms with Crippen LogP contribution in [0, 0.1) is 5.92 Å². The number of likely N-dealkylation sites (tertiary alicyclic amines) is 1. The van der Waals surface area contributed by atoms with E-state index in [4.69, 9.17) is 4.74 Å². The van der Waals surface area contributed by atoms with E-state index in [1.807, 2.05) is 18.2 Å². The minimum Gasteiger partial charge on any atom is -0.550 e. The second-order valence-electron chi connectivity index (χ2n) is 5.73. The SMILES string of the molecule is CC1CC[NH+](Cc2cccc(OCCC(=O)[O-])c2)CC1. The summed E-state index contributed by atoms with van der Waals surface area (Å²) in [4.78, 5) is 12.0. The third-order valence-corrected chi connectivity index (χ3v) is 3.91. The van der Waals surface area contributed by atoms with Crippen molar-refractivity contribution in [3.05, 3.63) is 29.8 Å². The molecule has 1 aromatic rings. The van der Waals surface area contributed by atoms with Crippen molar-refractivity contribution in [2.24, 2.45) is 5.92 Å². The predicted molar refractivity (Wildman–Crippen MR) is 74.4 cm³/mol. The Labute approximate surface area is 120 Å². The second-order valence-corrected chi connectivity index (χ2v) is 5.73. The molecule has 1 aliphatic rings. The molecule has 20 heavy (non-hydrogen) atoms. The van der Waals surface area contributed by atoms with Crippen molar-refractivity contribution in [1.82, 2.24) is 0 Å². The van der Waals surface area contributed by atoms with Gasteiger partial charge in [-0.1, -0.05) is 19.1 Å². The first-order valence-corrected chi connectivity index (χ1v) is 7.38. The number of benzene rings is 1. The van der Waals surface area contributed by atoms with Crippen LogP contribution < -0.4 is 14.7 Å². The van der Waals surface area contributed by atoms with E-state index in [0.717, 1.165) is 18.2 Å². The first-order chi connectivity index (χ1) is 9.63. The van der Waals surface area contributed by atoms with E-state index in [2.05, 4.69) is 13.0 Å². The lowest BCUT2D eigenvalue weighted by atomic mass is 9.99. The Morgan fingerprint density at radius 1 is 1.40 bits per heavy atom. The highest BCUT2D eigenvalue weighted by Crippen LogP contribution is 2.13. The number of rotatable bonds is 6. The topological polar surface area (TPSA) is 53.8 Å². The maximum Gasteiger partial charge on any atom is 0.119 e. The van der Waals surface area contributed by atoms with E-state index in [0.29, 0.717) is 0 Å². The van der Waals surface area contributed by atoms with Gasteiger partial charge in [-0.05, 0) is 30.9 Å². The molecule has 0 saturated carbocycles. The van der Waals surface area contributed by atoms with Crippen LogP contribution in [0.4, 0.5) is 0 Å². The number of piperidine rings is 1. The number of carbonyl (C=O) groups excluding carboxylic acids is 1. The van der Waals surface area contributed by atoms with E-state index < -0.39 is 5.97 Å². The summed E-state index contributed by atoms with van der Waals surface area (Å²) in [5.41, 5.74) is 1.25. The second kappa shape index (κ2) is 7.29. The van der Waals surface area contributed by atoms with E-state index in [1.54, 1.807) is 4.90 Å². The maximum absolute atomic E-state index is 10.4. The number of quaternary nitrogens is 1. The minimum atomic E-state index is -1.08. The fourth-order valence-corrected chi connectivity index (χ4v) is 2.63. The summed E-state index contributed by atoms with van der Waals surface area (Å²) >= 11 is 0. The van der Waals surface area contributed by atoms with Crippen molar-refractivity contribution < 1.29 is 19.5 Å². The van der Waals surface area contributed by atoms with Crippen LogP contribution in [0.2, 0.25) is 0 Å². The van der Waals surface area contributed by atoms with Gasteiger partial charge in [-0.25, -0.2) is 0 Å². The third kappa shape index (κ3) is 4.85. The van der Waals surface area contributed by atoms with Crippen LogP contribution in [0.15, 0.2) is 24.3 Å². The molecule has 0 spiro atoms. The van der Waals surface area contributed by atoms with Crippen LogP contribution in [-0.4, -0.2) is 25.7 Å². The Morgan fingerprint density at radius 2 is 2.15 bits per heavy atom. The maximum atomic E-state index is 10.4. The Morgan fingerprint density at radius 3 is 2.85 bits per heavy atom. The number of hydrogen-bond acceptors (Lipinski definition) is 3. The summed E-state index contributed by atoms with van der Waals surface area (Å²) in [6.45, 7) is 5.97. The zero-order chi connectivity index (χ0) is 14.4. The number of hydrogen-bond donors (Lipinski definition) is 1. The molecule has 0 bridgehead atoms. The van der Waals surface area contributed by atoms with Gasteiger partial charge in [0.2, 0.25) is 0 Å². The highest BCUT2D eigenvalue weighted by atomic mass is 16.5. The third-order valence-electron chi connectivity index (χ3n) is 3.91. The van der Waals surface area contributed by atoms with Gasteiger partial charge >= 0.3 is 0 Å². The van der Waals surface area contributed by atoms with Crippen LogP contribution in [0.25, 0.3) is 0 Å². The van der Waals surface area contributed by atoms with Crippen molar-refractivity contribution in [1.29, 1.82) is 0 Å². The summed E-state index contributed by atoms with van der Waals surface area (Å²) < 4.78 is 5.43. The minimum absolute atomic E-state index is 0.0699. The zero-order valence-corrected chi connectivity index (χ0v) is 12.1. The standard InChI is InChI=1S/C16H23NO3/c1-13-5-8-17(9-6-13)12-14-3-2-4-15(11-14)20-10-7-16(18)19/h2-4,11,13H,5-10,12H2,1H3,(H,18,19). The molecular formula is C16H23NO3. The van der Waals surface area contributed by atoms with E-state index >= 15 is 0 Å². The molecule has 1 fully saturated rings. The molecule has 0 aromatic heterocycles. The lowest BCUT2D eigenvalue weighted by molar-refractivity contribution is -0.919. The summed E-state index contributed by atoms with van der Waals surface area (Å²) in [7, 11) is 0. The van der Waals surface area contributed by atoms with E-state index in [1.165, 1.54) is 31.5 Å². The van der Waals surface area contributed by atoms with Crippen LogP contribution in [0.3, 0.4) is 0 Å². The van der Waals surface area contributed by atoms with Crippen molar-refractivity contribution in [3.63, 3.8) is 0 Å². The summed E-state index contributed by atoms with van der Waals surface area (Å²) in [5.74, 6) is 0.527. The van der Waals surface area contributed by atoms with Gasteiger partial charge in [0.25, 0.3) is 0 Å². The number of ether oxygens (including phenoxy) is 1. The van der Waals surface area contributed by atoms with Gasteiger partial charge < -0.3 is 19.5 Å². The molecular weight excluding hydrogens is 254 g/mol. The van der Waals surface area contributed by atoms with Gasteiger partial charge in [0.15, 0.2) is 0 Å². The molecule has 0 unspecified atom stereocenters. The molecule has 2 rings (SSSR count). The average Bonchev–Trinajstić information content (AvgIpc) is 2.41. The zero-order valence-electron chi connectivity index (χ0n) is 12.1. The Kier molecular flexibility index (Phi) is 5.41. The predicted octanol–water partition coefficient (Wildman–Crippen LogP) is 0.0202. The first-order valence-electron chi connectivity index (χ1n) is 7.38. The van der Waals surface area contributed by atoms with Crippen LogP contribution in [0.5, 0.6) is 5.75 Å². The van der Waals surface area contributed by atoms with Crippen molar-refractivity contribution in [3.8, 4) is 5.75 Å². The highest BCUT2D eigenvalue weighted by molar-refractivity contribution is 5.64. The van der Waals surface area contributed by atoms with Gasteiger partial charge in [0, 0.05) is 18.0 Å². The molecule has 1 saturated heterocycles. The van der Waals surface area contributed by atoms with Gasteiger partial charge in [-0.2, -0.15) is 0 Å². The van der Waals surface area contributed by atoms with Gasteiger partial charge in [0.1, 0.15) is 12.3 Å². The van der Waals surface area contributed by atoms with Crippen molar-refractivity contribution in [2.75, 3.05) is 19.7 Å². The lowest BCUT2D eigenvalue weighted by Crippen LogP contribution is -3.11. The fraction of sp³-hybridized carbons (Fsp3) is 0.562. The molecule has 1 N–H and O–H groups in total. The largest absolute Gasteiger partial charge is 0.550 e. The summed E-state index contributed by atoms with van der Waals surface area (Å²) in [5, 5.41) is 10.4. The molecule has 1 heterocycles. The van der Waals surface area contributed by atoms with Gasteiger partial charge in [0.05, 0.1) is 19.7 Å². The number of aliphatic carboxylic acids is 1. The lowest BCUT2D eigenvalue weighted by Gasteiger charge is -2.27. The van der Waals surface area contributed by atoms with E-state index in [-0.39, 0.29) is 13.0 Å².